The van der Waals surface area contributed by atoms with Crippen LogP contribution < -0.4 is 10.1 Å². The van der Waals surface area contributed by atoms with Gasteiger partial charge in [0.2, 0.25) is 0 Å². The topological polar surface area (TPSA) is 85.4 Å². The van der Waals surface area contributed by atoms with Crippen molar-refractivity contribution in [2.45, 2.75) is 17.1 Å². The Hall–Kier alpha value is -3.19. The van der Waals surface area contributed by atoms with E-state index in [4.69, 9.17) is 4.74 Å². The molecule has 1 aromatic heterocycles. The van der Waals surface area contributed by atoms with Gasteiger partial charge in [-0.2, -0.15) is 0 Å². The lowest BCUT2D eigenvalue weighted by Gasteiger charge is -2.19. The standard InChI is InChI=1S/C22H22N2O4S/c1-16-5-3-6-17(13-16)22(25)24-15-21(18-7-4-12-23-14-18)29(26,27)20-10-8-19(28-2)9-11-20/h3-14,21H,15H2,1-2H3,(H,24,25)/t21-/m0/s1. The first-order valence-electron chi connectivity index (χ1n) is 9.04. The molecule has 0 unspecified atom stereocenters. The second-order valence-electron chi connectivity index (χ2n) is 6.58. The largest absolute Gasteiger partial charge is 0.497 e. The van der Waals surface area contributed by atoms with Gasteiger partial charge in [-0.3, -0.25) is 9.78 Å². The van der Waals surface area contributed by atoms with E-state index < -0.39 is 15.1 Å². The van der Waals surface area contributed by atoms with Crippen molar-refractivity contribution >= 4 is 15.7 Å². The van der Waals surface area contributed by atoms with Gasteiger partial charge in [-0.25, -0.2) is 8.42 Å². The molecule has 150 valence electrons. The van der Waals surface area contributed by atoms with E-state index in [0.717, 1.165) is 5.56 Å². The van der Waals surface area contributed by atoms with Gasteiger partial charge in [0.25, 0.3) is 5.91 Å². The zero-order valence-corrected chi connectivity index (χ0v) is 17.0. The van der Waals surface area contributed by atoms with Crippen molar-refractivity contribution in [2.24, 2.45) is 0 Å². The predicted octanol–water partition coefficient (Wildman–Crippen LogP) is 3.34. The summed E-state index contributed by atoms with van der Waals surface area (Å²) < 4.78 is 31.7. The number of aromatic nitrogens is 1. The number of ether oxygens (including phenoxy) is 1. The van der Waals surface area contributed by atoms with Gasteiger partial charge < -0.3 is 10.1 Å². The summed E-state index contributed by atoms with van der Waals surface area (Å²) in [5.74, 6) is 0.238. The maximum Gasteiger partial charge on any atom is 0.251 e. The van der Waals surface area contributed by atoms with Crippen LogP contribution in [0.3, 0.4) is 0 Å². The van der Waals surface area contributed by atoms with E-state index in [-0.39, 0.29) is 17.3 Å². The summed E-state index contributed by atoms with van der Waals surface area (Å²) in [5.41, 5.74) is 1.94. The molecule has 0 spiro atoms. The van der Waals surface area contributed by atoms with Crippen molar-refractivity contribution in [1.29, 1.82) is 0 Å². The molecule has 29 heavy (non-hydrogen) atoms. The Labute approximate surface area is 170 Å². The molecule has 0 aliphatic carbocycles. The number of amides is 1. The number of pyridine rings is 1. The number of carbonyl (C=O) groups is 1. The average Bonchev–Trinajstić information content (AvgIpc) is 2.74. The molecule has 0 saturated heterocycles. The highest BCUT2D eigenvalue weighted by atomic mass is 32.2. The van der Waals surface area contributed by atoms with E-state index in [0.29, 0.717) is 16.9 Å². The molecular formula is C22H22N2O4S. The van der Waals surface area contributed by atoms with Crippen molar-refractivity contribution < 1.29 is 17.9 Å². The van der Waals surface area contributed by atoms with Crippen LogP contribution in [0, 0.1) is 6.92 Å². The summed E-state index contributed by atoms with van der Waals surface area (Å²) in [5, 5.41) is 1.78. The first kappa shape index (κ1) is 20.5. The molecule has 0 bridgehead atoms. The maximum atomic E-state index is 13.3. The predicted molar refractivity (Wildman–Crippen MR) is 111 cm³/mol. The Bertz CT molecular complexity index is 1080. The first-order valence-corrected chi connectivity index (χ1v) is 10.6. The zero-order chi connectivity index (χ0) is 20.9. The highest BCUT2D eigenvalue weighted by Gasteiger charge is 2.30. The number of hydrogen-bond donors (Lipinski definition) is 1. The Morgan fingerprint density at radius 2 is 1.86 bits per heavy atom. The summed E-state index contributed by atoms with van der Waals surface area (Å²) in [4.78, 5) is 16.7. The molecule has 6 nitrogen and oxygen atoms in total. The van der Waals surface area contributed by atoms with Crippen LogP contribution in [0.5, 0.6) is 5.75 Å². The highest BCUT2D eigenvalue weighted by molar-refractivity contribution is 7.91. The molecule has 3 aromatic rings. The van der Waals surface area contributed by atoms with Crippen LogP contribution in [0.2, 0.25) is 0 Å². The molecule has 7 heteroatoms. The number of aryl methyl sites for hydroxylation is 1. The molecular weight excluding hydrogens is 388 g/mol. The summed E-state index contributed by atoms with van der Waals surface area (Å²) in [6.45, 7) is 1.82. The van der Waals surface area contributed by atoms with Gasteiger partial charge in [0.1, 0.15) is 11.0 Å². The number of nitrogens with one attached hydrogen (secondary N) is 1. The summed E-state index contributed by atoms with van der Waals surface area (Å²) in [7, 11) is -2.26. The first-order chi connectivity index (χ1) is 13.9. The number of benzene rings is 2. The average molecular weight is 410 g/mol. The lowest BCUT2D eigenvalue weighted by atomic mass is 10.1. The van der Waals surface area contributed by atoms with Gasteiger partial charge in [0.05, 0.1) is 12.0 Å². The number of methoxy groups -OCH3 is 1. The smallest absolute Gasteiger partial charge is 0.251 e. The fourth-order valence-electron chi connectivity index (χ4n) is 2.98. The van der Waals surface area contributed by atoms with Gasteiger partial charge in [0.15, 0.2) is 9.84 Å². The van der Waals surface area contributed by atoms with Crippen LogP contribution in [-0.4, -0.2) is 33.0 Å². The van der Waals surface area contributed by atoms with Gasteiger partial charge in [0, 0.05) is 24.5 Å². The van der Waals surface area contributed by atoms with E-state index in [9.17, 15) is 13.2 Å². The fraction of sp³-hybridized carbons (Fsp3) is 0.182. The molecule has 0 aliphatic rings. The fourth-order valence-corrected chi connectivity index (χ4v) is 4.62. The Kier molecular flexibility index (Phi) is 6.29. The van der Waals surface area contributed by atoms with Crippen molar-refractivity contribution in [3.8, 4) is 5.75 Å². The minimum absolute atomic E-state index is 0.0766. The summed E-state index contributed by atoms with van der Waals surface area (Å²) in [6.07, 6.45) is 3.08. The number of hydrogen-bond acceptors (Lipinski definition) is 5. The lowest BCUT2D eigenvalue weighted by molar-refractivity contribution is 0.0953. The van der Waals surface area contributed by atoms with Crippen LogP contribution in [0.15, 0.2) is 78.0 Å². The number of sulfone groups is 1. The molecule has 0 radical (unpaired) electrons. The molecule has 0 aliphatic heterocycles. The Morgan fingerprint density at radius 3 is 2.48 bits per heavy atom. The minimum Gasteiger partial charge on any atom is -0.497 e. The third kappa shape index (κ3) is 4.81. The van der Waals surface area contributed by atoms with Crippen molar-refractivity contribution in [3.05, 3.63) is 89.7 Å². The monoisotopic (exact) mass is 410 g/mol. The zero-order valence-electron chi connectivity index (χ0n) is 16.2. The van der Waals surface area contributed by atoms with E-state index in [1.165, 1.54) is 25.4 Å². The van der Waals surface area contributed by atoms with Crippen molar-refractivity contribution in [2.75, 3.05) is 13.7 Å². The lowest BCUT2D eigenvalue weighted by Crippen LogP contribution is -2.32. The SMILES string of the molecule is COc1ccc(S(=O)(=O)[C@@H](CNC(=O)c2cccc(C)c2)c2cccnc2)cc1. The van der Waals surface area contributed by atoms with E-state index in [1.807, 2.05) is 13.0 Å². The normalized spacial score (nSPS) is 12.2. The van der Waals surface area contributed by atoms with Crippen LogP contribution in [-0.2, 0) is 9.84 Å². The van der Waals surface area contributed by atoms with Crippen LogP contribution in [0.4, 0.5) is 0 Å². The number of rotatable bonds is 7. The maximum absolute atomic E-state index is 13.3. The second kappa shape index (κ2) is 8.87. The molecule has 0 fully saturated rings. The highest BCUT2D eigenvalue weighted by Crippen LogP contribution is 2.29. The van der Waals surface area contributed by atoms with Gasteiger partial charge >= 0.3 is 0 Å². The van der Waals surface area contributed by atoms with E-state index >= 15 is 0 Å². The number of nitrogens with zero attached hydrogens (tertiary/aromatic N) is 1. The van der Waals surface area contributed by atoms with Crippen molar-refractivity contribution in [1.82, 2.24) is 10.3 Å². The quantitative estimate of drug-likeness (QED) is 0.646. The van der Waals surface area contributed by atoms with Crippen LogP contribution in [0.1, 0.15) is 26.7 Å². The Morgan fingerprint density at radius 1 is 1.10 bits per heavy atom. The molecule has 3 rings (SSSR count). The molecule has 1 heterocycles. The molecule has 0 saturated carbocycles. The van der Waals surface area contributed by atoms with Gasteiger partial charge in [-0.1, -0.05) is 23.8 Å². The second-order valence-corrected chi connectivity index (χ2v) is 8.71. The molecule has 1 atom stereocenters. The molecule has 1 amide bonds. The van der Waals surface area contributed by atoms with Gasteiger partial charge in [-0.05, 0) is 55.0 Å². The summed E-state index contributed by atoms with van der Waals surface area (Å²) >= 11 is 0. The van der Waals surface area contributed by atoms with Gasteiger partial charge in [-0.15, -0.1) is 0 Å². The third-order valence-electron chi connectivity index (χ3n) is 4.55. The molecule has 1 N–H and O–H groups in total. The Balaban J connectivity index is 1.89. The van der Waals surface area contributed by atoms with Crippen molar-refractivity contribution in [3.63, 3.8) is 0 Å². The van der Waals surface area contributed by atoms with Crippen LogP contribution >= 0.6 is 0 Å². The van der Waals surface area contributed by atoms with Crippen LogP contribution in [0.25, 0.3) is 0 Å². The summed E-state index contributed by atoms with van der Waals surface area (Å²) in [6, 6.07) is 16.7. The molecule has 2 aromatic carbocycles. The minimum atomic E-state index is -3.78. The number of carbonyl (C=O) groups excluding carboxylic acids is 1. The van der Waals surface area contributed by atoms with E-state index in [2.05, 4.69) is 10.3 Å². The third-order valence-corrected chi connectivity index (χ3v) is 6.66. The van der Waals surface area contributed by atoms with E-state index in [1.54, 1.807) is 48.7 Å².